The van der Waals surface area contributed by atoms with Gasteiger partial charge in [0.2, 0.25) is 0 Å². The van der Waals surface area contributed by atoms with Gasteiger partial charge >= 0.3 is 0 Å². The van der Waals surface area contributed by atoms with E-state index in [9.17, 15) is 4.39 Å². The molecular formula is C13H15ClFN. The number of likely N-dealkylation sites (N-methyl/N-ethyl adjacent to an activating group) is 1. The maximum atomic E-state index is 13.4. The first-order valence-electron chi connectivity index (χ1n) is 5.54. The van der Waals surface area contributed by atoms with Crippen molar-refractivity contribution in [1.82, 2.24) is 5.32 Å². The third-order valence-electron chi connectivity index (χ3n) is 3.03. The summed E-state index contributed by atoms with van der Waals surface area (Å²) in [6.07, 6.45) is 5.58. The van der Waals surface area contributed by atoms with E-state index in [0.29, 0.717) is 0 Å². The van der Waals surface area contributed by atoms with Gasteiger partial charge in [-0.05, 0) is 37.9 Å². The Hall–Kier alpha value is -0.860. The Morgan fingerprint density at radius 1 is 1.44 bits per heavy atom. The van der Waals surface area contributed by atoms with Crippen LogP contribution in [0.2, 0.25) is 5.02 Å². The van der Waals surface area contributed by atoms with Gasteiger partial charge < -0.3 is 5.32 Å². The van der Waals surface area contributed by atoms with Crippen molar-refractivity contribution in [3.8, 4) is 0 Å². The van der Waals surface area contributed by atoms with Gasteiger partial charge in [-0.15, -0.1) is 0 Å². The van der Waals surface area contributed by atoms with E-state index < -0.39 is 0 Å². The molecule has 1 aromatic carbocycles. The Bertz CT molecular complexity index is 414. The molecule has 1 nitrogen and oxygen atoms in total. The fourth-order valence-electron chi connectivity index (χ4n) is 2.24. The zero-order chi connectivity index (χ0) is 11.5. The summed E-state index contributed by atoms with van der Waals surface area (Å²) in [5, 5.41) is 3.44. The van der Waals surface area contributed by atoms with Gasteiger partial charge in [0, 0.05) is 0 Å². The zero-order valence-electron chi connectivity index (χ0n) is 9.26. The minimum atomic E-state index is -0.349. The van der Waals surface area contributed by atoms with Crippen LogP contribution >= 0.6 is 11.6 Å². The molecule has 0 spiro atoms. The molecule has 0 amide bonds. The van der Waals surface area contributed by atoms with E-state index in [-0.39, 0.29) is 16.9 Å². The van der Waals surface area contributed by atoms with Crippen molar-refractivity contribution < 1.29 is 4.39 Å². The number of halogens is 2. The molecule has 0 aliphatic heterocycles. The number of hydrogen-bond acceptors (Lipinski definition) is 1. The van der Waals surface area contributed by atoms with Gasteiger partial charge in [-0.2, -0.15) is 0 Å². The van der Waals surface area contributed by atoms with Crippen molar-refractivity contribution >= 4 is 11.6 Å². The standard InChI is InChI=1S/C13H15ClFN/c1-16-13(9-5-2-3-6-9)10-7-4-8-11(15)12(10)14/h4-5,7-8,13,16H,2-3,6H2,1H3. The predicted molar refractivity (Wildman–Crippen MR) is 65.1 cm³/mol. The van der Waals surface area contributed by atoms with Crippen LogP contribution in [0, 0.1) is 5.82 Å². The highest BCUT2D eigenvalue weighted by atomic mass is 35.5. The van der Waals surface area contributed by atoms with Crippen molar-refractivity contribution in [2.45, 2.75) is 25.3 Å². The summed E-state index contributed by atoms with van der Waals surface area (Å²) < 4.78 is 13.4. The molecule has 2 rings (SSSR count). The predicted octanol–water partition coefficient (Wildman–Crippen LogP) is 3.85. The van der Waals surface area contributed by atoms with Gasteiger partial charge in [0.15, 0.2) is 0 Å². The largest absolute Gasteiger partial charge is 0.310 e. The summed E-state index contributed by atoms with van der Waals surface area (Å²) in [5.74, 6) is -0.349. The highest BCUT2D eigenvalue weighted by Gasteiger charge is 2.20. The fourth-order valence-corrected chi connectivity index (χ4v) is 2.48. The monoisotopic (exact) mass is 239 g/mol. The van der Waals surface area contributed by atoms with Crippen LogP contribution in [0.4, 0.5) is 4.39 Å². The molecule has 0 heterocycles. The first-order valence-corrected chi connectivity index (χ1v) is 5.92. The average Bonchev–Trinajstić information content (AvgIpc) is 2.79. The van der Waals surface area contributed by atoms with Gasteiger partial charge in [-0.3, -0.25) is 0 Å². The summed E-state index contributed by atoms with van der Waals surface area (Å²) in [7, 11) is 1.88. The number of allylic oxidation sites excluding steroid dienone is 1. The molecule has 1 aliphatic rings. The van der Waals surface area contributed by atoms with Gasteiger partial charge in [0.05, 0.1) is 11.1 Å². The summed E-state index contributed by atoms with van der Waals surface area (Å²) in [6, 6.07) is 5.02. The van der Waals surface area contributed by atoms with Crippen molar-refractivity contribution in [3.63, 3.8) is 0 Å². The first kappa shape index (κ1) is 11.6. The minimum Gasteiger partial charge on any atom is -0.310 e. The number of nitrogens with one attached hydrogen (secondary N) is 1. The molecule has 0 aromatic heterocycles. The zero-order valence-corrected chi connectivity index (χ0v) is 10.0. The van der Waals surface area contributed by atoms with Crippen molar-refractivity contribution in [2.75, 3.05) is 7.05 Å². The quantitative estimate of drug-likeness (QED) is 0.790. The fraction of sp³-hybridized carbons (Fsp3) is 0.385. The molecule has 3 heteroatoms. The summed E-state index contributed by atoms with van der Waals surface area (Å²) in [6.45, 7) is 0. The normalized spacial score (nSPS) is 17.3. The smallest absolute Gasteiger partial charge is 0.142 e. The Kier molecular flexibility index (Phi) is 3.62. The van der Waals surface area contributed by atoms with Gasteiger partial charge in [-0.25, -0.2) is 4.39 Å². The SMILES string of the molecule is CNC(C1=CCCC1)c1cccc(F)c1Cl. The molecule has 1 aromatic rings. The molecule has 1 N–H and O–H groups in total. The lowest BCUT2D eigenvalue weighted by Gasteiger charge is -2.19. The van der Waals surface area contributed by atoms with Gasteiger partial charge in [-0.1, -0.05) is 35.4 Å². The molecule has 0 bridgehead atoms. The van der Waals surface area contributed by atoms with E-state index in [1.807, 2.05) is 13.1 Å². The third kappa shape index (κ3) is 2.13. The molecule has 1 aliphatic carbocycles. The van der Waals surface area contributed by atoms with Crippen molar-refractivity contribution in [1.29, 1.82) is 0 Å². The Labute approximate surface area is 100 Å². The molecule has 16 heavy (non-hydrogen) atoms. The Morgan fingerprint density at radius 2 is 2.25 bits per heavy atom. The van der Waals surface area contributed by atoms with Crippen LogP contribution in [0.3, 0.4) is 0 Å². The molecular weight excluding hydrogens is 225 g/mol. The second-order valence-corrected chi connectivity index (χ2v) is 4.41. The van der Waals surface area contributed by atoms with Crippen LogP contribution < -0.4 is 5.32 Å². The van der Waals surface area contributed by atoms with Crippen LogP contribution in [0.5, 0.6) is 0 Å². The molecule has 1 atom stereocenters. The lowest BCUT2D eigenvalue weighted by atomic mass is 9.98. The van der Waals surface area contributed by atoms with E-state index in [0.717, 1.165) is 18.4 Å². The minimum absolute atomic E-state index is 0.0469. The van der Waals surface area contributed by atoms with Crippen LogP contribution in [0.15, 0.2) is 29.8 Å². The van der Waals surface area contributed by atoms with E-state index >= 15 is 0 Å². The first-order chi connectivity index (χ1) is 7.74. The maximum absolute atomic E-state index is 13.4. The second kappa shape index (κ2) is 4.98. The molecule has 0 fully saturated rings. The van der Waals surface area contributed by atoms with E-state index in [4.69, 9.17) is 11.6 Å². The van der Waals surface area contributed by atoms with Crippen LogP contribution in [-0.2, 0) is 0 Å². The third-order valence-corrected chi connectivity index (χ3v) is 3.43. The van der Waals surface area contributed by atoms with Crippen molar-refractivity contribution in [3.05, 3.63) is 46.3 Å². The van der Waals surface area contributed by atoms with Crippen molar-refractivity contribution in [2.24, 2.45) is 0 Å². The lowest BCUT2D eigenvalue weighted by molar-refractivity contribution is 0.611. The summed E-state index contributed by atoms with van der Waals surface area (Å²) >= 11 is 6.00. The molecule has 0 saturated carbocycles. The van der Waals surface area contributed by atoms with Gasteiger partial charge in [0.25, 0.3) is 0 Å². The number of hydrogen-bond donors (Lipinski definition) is 1. The van der Waals surface area contributed by atoms with E-state index in [1.54, 1.807) is 6.07 Å². The topological polar surface area (TPSA) is 12.0 Å². The van der Waals surface area contributed by atoms with Gasteiger partial charge in [0.1, 0.15) is 5.82 Å². The molecule has 0 saturated heterocycles. The average molecular weight is 240 g/mol. The van der Waals surface area contributed by atoms with Crippen LogP contribution in [0.1, 0.15) is 30.9 Å². The molecule has 0 radical (unpaired) electrons. The highest BCUT2D eigenvalue weighted by Crippen LogP contribution is 2.34. The Morgan fingerprint density at radius 3 is 2.88 bits per heavy atom. The number of rotatable bonds is 3. The van der Waals surface area contributed by atoms with E-state index in [1.165, 1.54) is 18.1 Å². The van der Waals surface area contributed by atoms with Crippen LogP contribution in [-0.4, -0.2) is 7.05 Å². The van der Waals surface area contributed by atoms with E-state index in [2.05, 4.69) is 11.4 Å². The summed E-state index contributed by atoms with van der Waals surface area (Å²) in [4.78, 5) is 0. The maximum Gasteiger partial charge on any atom is 0.142 e. The number of benzene rings is 1. The summed E-state index contributed by atoms with van der Waals surface area (Å²) in [5.41, 5.74) is 2.15. The second-order valence-electron chi connectivity index (χ2n) is 4.04. The van der Waals surface area contributed by atoms with Crippen LogP contribution in [0.25, 0.3) is 0 Å². The lowest BCUT2D eigenvalue weighted by Crippen LogP contribution is -2.18. The highest BCUT2D eigenvalue weighted by molar-refractivity contribution is 6.31. The molecule has 86 valence electrons. The Balaban J connectivity index is 2.36. The molecule has 1 unspecified atom stereocenters.